The molecule has 2 rings (SSSR count). The molecule has 0 bridgehead atoms. The SMILES string of the molecule is CC(C)(C)c1ccc(C(=N)N2CCCC2)cc1. The standard InChI is InChI=1S/C15H22N2/c1-15(2,3)13-8-6-12(7-9-13)14(16)17-10-4-5-11-17/h6-9,16H,4-5,10-11H2,1-3H3. The lowest BCUT2D eigenvalue weighted by atomic mass is 9.86. The summed E-state index contributed by atoms with van der Waals surface area (Å²) < 4.78 is 0. The van der Waals surface area contributed by atoms with Gasteiger partial charge in [-0.05, 0) is 23.8 Å². The molecular formula is C15H22N2. The number of nitrogens with one attached hydrogen (secondary N) is 1. The third kappa shape index (κ3) is 2.68. The van der Waals surface area contributed by atoms with Crippen LogP contribution in [0.25, 0.3) is 0 Å². The molecule has 1 aliphatic heterocycles. The second-order valence-electron chi connectivity index (χ2n) is 5.87. The third-order valence-corrected chi connectivity index (χ3v) is 3.45. The van der Waals surface area contributed by atoms with E-state index >= 15 is 0 Å². The zero-order chi connectivity index (χ0) is 12.5. The van der Waals surface area contributed by atoms with E-state index in [0.29, 0.717) is 5.84 Å². The number of hydrogen-bond donors (Lipinski definition) is 1. The Hall–Kier alpha value is -1.31. The number of amidine groups is 1. The molecule has 1 aromatic rings. The first kappa shape index (κ1) is 12.2. The average Bonchev–Trinajstić information content (AvgIpc) is 2.80. The molecule has 0 aromatic heterocycles. The van der Waals surface area contributed by atoms with Gasteiger partial charge in [0.05, 0.1) is 0 Å². The van der Waals surface area contributed by atoms with Crippen molar-refractivity contribution in [2.24, 2.45) is 0 Å². The van der Waals surface area contributed by atoms with Gasteiger partial charge in [0.15, 0.2) is 0 Å². The lowest BCUT2D eigenvalue weighted by Gasteiger charge is -2.21. The Bertz CT molecular complexity index is 392. The summed E-state index contributed by atoms with van der Waals surface area (Å²) in [5, 5.41) is 8.18. The fourth-order valence-corrected chi connectivity index (χ4v) is 2.25. The van der Waals surface area contributed by atoms with Crippen LogP contribution in [0, 0.1) is 5.41 Å². The van der Waals surface area contributed by atoms with E-state index in [0.717, 1.165) is 18.7 Å². The Balaban J connectivity index is 2.15. The first-order valence-corrected chi connectivity index (χ1v) is 6.43. The van der Waals surface area contributed by atoms with Gasteiger partial charge in [0, 0.05) is 18.7 Å². The third-order valence-electron chi connectivity index (χ3n) is 3.45. The van der Waals surface area contributed by atoms with Gasteiger partial charge in [-0.25, -0.2) is 0 Å². The van der Waals surface area contributed by atoms with Crippen LogP contribution in [0.4, 0.5) is 0 Å². The minimum Gasteiger partial charge on any atom is -0.357 e. The molecule has 0 radical (unpaired) electrons. The monoisotopic (exact) mass is 230 g/mol. The molecule has 0 aliphatic carbocycles. The zero-order valence-corrected chi connectivity index (χ0v) is 11.1. The Morgan fingerprint density at radius 3 is 2.06 bits per heavy atom. The number of likely N-dealkylation sites (tertiary alicyclic amines) is 1. The molecule has 17 heavy (non-hydrogen) atoms. The van der Waals surface area contributed by atoms with Crippen LogP contribution in [-0.2, 0) is 5.41 Å². The smallest absolute Gasteiger partial charge is 0.128 e. The molecule has 0 amide bonds. The first-order chi connectivity index (χ1) is 7.98. The number of rotatable bonds is 1. The molecule has 1 saturated heterocycles. The molecule has 1 heterocycles. The van der Waals surface area contributed by atoms with Crippen LogP contribution >= 0.6 is 0 Å². The summed E-state index contributed by atoms with van der Waals surface area (Å²) in [6.45, 7) is 8.73. The largest absolute Gasteiger partial charge is 0.357 e. The molecule has 0 unspecified atom stereocenters. The lowest BCUT2D eigenvalue weighted by Crippen LogP contribution is -2.27. The normalized spacial score (nSPS) is 16.3. The first-order valence-electron chi connectivity index (χ1n) is 6.43. The van der Waals surface area contributed by atoms with Gasteiger partial charge >= 0.3 is 0 Å². The topological polar surface area (TPSA) is 27.1 Å². The summed E-state index contributed by atoms with van der Waals surface area (Å²) in [6.07, 6.45) is 2.45. The highest BCUT2D eigenvalue weighted by Crippen LogP contribution is 2.23. The van der Waals surface area contributed by atoms with Crippen molar-refractivity contribution in [3.8, 4) is 0 Å². The van der Waals surface area contributed by atoms with Crippen LogP contribution in [0.5, 0.6) is 0 Å². The molecule has 1 aromatic carbocycles. The van der Waals surface area contributed by atoms with Gasteiger partial charge in [-0.1, -0.05) is 45.0 Å². The molecule has 2 nitrogen and oxygen atoms in total. The van der Waals surface area contributed by atoms with Gasteiger partial charge in [0.2, 0.25) is 0 Å². The van der Waals surface area contributed by atoms with Crippen molar-refractivity contribution in [2.75, 3.05) is 13.1 Å². The van der Waals surface area contributed by atoms with E-state index in [9.17, 15) is 0 Å². The molecule has 92 valence electrons. The second kappa shape index (κ2) is 4.52. The summed E-state index contributed by atoms with van der Waals surface area (Å²) in [6, 6.07) is 8.47. The number of hydrogen-bond acceptors (Lipinski definition) is 1. The van der Waals surface area contributed by atoms with Crippen molar-refractivity contribution in [3.63, 3.8) is 0 Å². The average molecular weight is 230 g/mol. The van der Waals surface area contributed by atoms with E-state index < -0.39 is 0 Å². The fourth-order valence-electron chi connectivity index (χ4n) is 2.25. The van der Waals surface area contributed by atoms with Gasteiger partial charge in [0.25, 0.3) is 0 Å². The van der Waals surface area contributed by atoms with Crippen molar-refractivity contribution in [2.45, 2.75) is 39.0 Å². The minimum absolute atomic E-state index is 0.189. The number of benzene rings is 1. The Morgan fingerprint density at radius 1 is 1.06 bits per heavy atom. The maximum Gasteiger partial charge on any atom is 0.128 e. The van der Waals surface area contributed by atoms with E-state index in [1.807, 2.05) is 0 Å². The van der Waals surface area contributed by atoms with E-state index in [-0.39, 0.29) is 5.41 Å². The molecule has 1 N–H and O–H groups in total. The van der Waals surface area contributed by atoms with E-state index in [4.69, 9.17) is 5.41 Å². The van der Waals surface area contributed by atoms with Crippen LogP contribution < -0.4 is 0 Å². The van der Waals surface area contributed by atoms with Gasteiger partial charge in [-0.3, -0.25) is 5.41 Å². The van der Waals surface area contributed by atoms with Crippen molar-refractivity contribution < 1.29 is 0 Å². The molecule has 1 aliphatic rings. The quantitative estimate of drug-likeness (QED) is 0.581. The molecule has 0 atom stereocenters. The van der Waals surface area contributed by atoms with Crippen LogP contribution in [0.15, 0.2) is 24.3 Å². The summed E-state index contributed by atoms with van der Waals surface area (Å²) in [7, 11) is 0. The van der Waals surface area contributed by atoms with Crippen molar-refractivity contribution in [1.82, 2.24) is 4.90 Å². The molecule has 0 saturated carbocycles. The summed E-state index contributed by atoms with van der Waals surface area (Å²) in [4.78, 5) is 2.17. The van der Waals surface area contributed by atoms with Crippen molar-refractivity contribution in [3.05, 3.63) is 35.4 Å². The summed E-state index contributed by atoms with van der Waals surface area (Å²) in [5.41, 5.74) is 2.56. The van der Waals surface area contributed by atoms with E-state index in [1.165, 1.54) is 18.4 Å². The van der Waals surface area contributed by atoms with E-state index in [2.05, 4.69) is 49.9 Å². The van der Waals surface area contributed by atoms with Gasteiger partial charge in [0.1, 0.15) is 5.84 Å². The van der Waals surface area contributed by atoms with Crippen molar-refractivity contribution in [1.29, 1.82) is 5.41 Å². The molecular weight excluding hydrogens is 208 g/mol. The van der Waals surface area contributed by atoms with Crippen molar-refractivity contribution >= 4 is 5.84 Å². The predicted octanol–water partition coefficient (Wildman–Crippen LogP) is 3.41. The Labute approximate surface area is 104 Å². The second-order valence-corrected chi connectivity index (χ2v) is 5.87. The highest BCUT2D eigenvalue weighted by molar-refractivity contribution is 5.96. The molecule has 1 fully saturated rings. The molecule has 2 heteroatoms. The van der Waals surface area contributed by atoms with Crippen LogP contribution in [0.3, 0.4) is 0 Å². The van der Waals surface area contributed by atoms with Gasteiger partial charge < -0.3 is 4.90 Å². The Kier molecular flexibility index (Phi) is 3.23. The van der Waals surface area contributed by atoms with Gasteiger partial charge in [-0.2, -0.15) is 0 Å². The lowest BCUT2D eigenvalue weighted by molar-refractivity contribution is 0.517. The summed E-state index contributed by atoms with van der Waals surface area (Å²) >= 11 is 0. The van der Waals surface area contributed by atoms with Crippen LogP contribution in [0.1, 0.15) is 44.7 Å². The highest BCUT2D eigenvalue weighted by Gasteiger charge is 2.17. The molecule has 0 spiro atoms. The Morgan fingerprint density at radius 2 is 1.59 bits per heavy atom. The summed E-state index contributed by atoms with van der Waals surface area (Å²) in [5.74, 6) is 0.683. The van der Waals surface area contributed by atoms with Crippen LogP contribution in [-0.4, -0.2) is 23.8 Å². The fraction of sp³-hybridized carbons (Fsp3) is 0.533. The van der Waals surface area contributed by atoms with Crippen LogP contribution in [0.2, 0.25) is 0 Å². The maximum absolute atomic E-state index is 8.18. The highest BCUT2D eigenvalue weighted by atomic mass is 15.2. The zero-order valence-electron chi connectivity index (χ0n) is 11.1. The van der Waals surface area contributed by atoms with E-state index in [1.54, 1.807) is 0 Å². The van der Waals surface area contributed by atoms with Gasteiger partial charge in [-0.15, -0.1) is 0 Å². The number of nitrogens with zero attached hydrogens (tertiary/aromatic N) is 1. The predicted molar refractivity (Wildman–Crippen MR) is 72.8 cm³/mol. The minimum atomic E-state index is 0.189. The maximum atomic E-state index is 8.18.